The van der Waals surface area contributed by atoms with Crippen molar-refractivity contribution in [1.29, 1.82) is 0 Å². The van der Waals surface area contributed by atoms with Crippen molar-refractivity contribution in [3.05, 3.63) is 37.2 Å². The molecule has 1 aromatic heterocycles. The van der Waals surface area contributed by atoms with Gasteiger partial charge in [-0.05, 0) is 18.6 Å². The molecule has 0 radical (unpaired) electrons. The lowest BCUT2D eigenvalue weighted by Crippen LogP contribution is -2.24. The Hall–Kier alpha value is -1.20. The highest BCUT2D eigenvalue weighted by atomic mass is 32.2. The molecule has 1 rings (SSSR count). The van der Waals surface area contributed by atoms with Gasteiger partial charge in [-0.15, -0.1) is 6.58 Å². The summed E-state index contributed by atoms with van der Waals surface area (Å²) >= 11 is 0. The maximum absolute atomic E-state index is 11.5. The predicted octanol–water partition coefficient (Wildman–Crippen LogP) is 0.936. The van der Waals surface area contributed by atoms with Gasteiger partial charge in [0, 0.05) is 18.9 Å². The van der Waals surface area contributed by atoms with Crippen LogP contribution in [-0.2, 0) is 10.0 Å². The molecular formula is C9H12N2O2S. The molecule has 0 aliphatic carbocycles. The molecule has 0 aromatic carbocycles. The molecule has 5 heteroatoms. The van der Waals surface area contributed by atoms with E-state index in [1.54, 1.807) is 12.1 Å². The van der Waals surface area contributed by atoms with E-state index in [-0.39, 0.29) is 4.90 Å². The van der Waals surface area contributed by atoms with E-state index in [4.69, 9.17) is 0 Å². The van der Waals surface area contributed by atoms with Gasteiger partial charge >= 0.3 is 0 Å². The van der Waals surface area contributed by atoms with Crippen LogP contribution in [0.15, 0.2) is 42.1 Å². The summed E-state index contributed by atoms with van der Waals surface area (Å²) in [5.41, 5.74) is 0. The summed E-state index contributed by atoms with van der Waals surface area (Å²) in [6.07, 6.45) is 5.12. The normalized spacial score (nSPS) is 11.1. The van der Waals surface area contributed by atoms with Crippen molar-refractivity contribution in [2.45, 2.75) is 11.3 Å². The van der Waals surface area contributed by atoms with E-state index >= 15 is 0 Å². The Labute approximate surface area is 83.7 Å². The van der Waals surface area contributed by atoms with Crippen molar-refractivity contribution in [3.8, 4) is 0 Å². The molecule has 0 saturated heterocycles. The molecular weight excluding hydrogens is 200 g/mol. The van der Waals surface area contributed by atoms with Crippen LogP contribution in [0, 0.1) is 0 Å². The summed E-state index contributed by atoms with van der Waals surface area (Å²) in [5, 5.41) is 0. The number of rotatable bonds is 5. The Bertz CT molecular complexity index is 387. The van der Waals surface area contributed by atoms with Crippen molar-refractivity contribution >= 4 is 10.0 Å². The number of hydrogen-bond donors (Lipinski definition) is 1. The lowest BCUT2D eigenvalue weighted by Gasteiger charge is -2.03. The van der Waals surface area contributed by atoms with Crippen molar-refractivity contribution in [3.63, 3.8) is 0 Å². The van der Waals surface area contributed by atoms with E-state index in [0.29, 0.717) is 13.0 Å². The number of aromatic nitrogens is 1. The third-order valence-electron chi connectivity index (χ3n) is 1.59. The summed E-state index contributed by atoms with van der Waals surface area (Å²) in [4.78, 5) is 3.92. The molecule has 1 aromatic rings. The van der Waals surface area contributed by atoms with Gasteiger partial charge in [-0.25, -0.2) is 13.1 Å². The minimum atomic E-state index is -3.39. The van der Waals surface area contributed by atoms with Crippen LogP contribution < -0.4 is 4.72 Å². The van der Waals surface area contributed by atoms with Crippen LogP contribution >= 0.6 is 0 Å². The number of nitrogens with one attached hydrogen (secondary N) is 1. The Kier molecular flexibility index (Phi) is 3.79. The maximum Gasteiger partial charge on any atom is 0.242 e. The van der Waals surface area contributed by atoms with E-state index in [2.05, 4.69) is 16.3 Å². The lowest BCUT2D eigenvalue weighted by molar-refractivity contribution is 0.581. The monoisotopic (exact) mass is 212 g/mol. The molecule has 1 heterocycles. The zero-order valence-electron chi connectivity index (χ0n) is 7.68. The summed E-state index contributed by atoms with van der Waals surface area (Å²) in [6, 6.07) is 3.09. The van der Waals surface area contributed by atoms with Crippen molar-refractivity contribution in [2.75, 3.05) is 6.54 Å². The third-order valence-corrected chi connectivity index (χ3v) is 3.03. The molecule has 76 valence electrons. The quantitative estimate of drug-likeness (QED) is 0.583. The van der Waals surface area contributed by atoms with Crippen LogP contribution in [0.5, 0.6) is 0 Å². The van der Waals surface area contributed by atoms with Crippen LogP contribution in [0.3, 0.4) is 0 Å². The molecule has 0 atom stereocenters. The van der Waals surface area contributed by atoms with Gasteiger partial charge in [0.2, 0.25) is 10.0 Å². The van der Waals surface area contributed by atoms with Crippen LogP contribution in [0.2, 0.25) is 0 Å². The fourth-order valence-corrected chi connectivity index (χ4v) is 1.90. The minimum Gasteiger partial charge on any atom is -0.263 e. The second-order valence-corrected chi connectivity index (χ2v) is 4.43. The first-order chi connectivity index (χ1) is 6.67. The number of nitrogens with zero attached hydrogens (tertiary/aromatic N) is 1. The van der Waals surface area contributed by atoms with Crippen LogP contribution in [0.25, 0.3) is 0 Å². The Balaban J connectivity index is 2.72. The molecule has 0 saturated carbocycles. The zero-order valence-corrected chi connectivity index (χ0v) is 8.50. The average Bonchev–Trinajstić information content (AvgIpc) is 2.19. The molecule has 0 spiro atoms. The van der Waals surface area contributed by atoms with E-state index in [1.165, 1.54) is 18.5 Å². The first-order valence-corrected chi connectivity index (χ1v) is 5.66. The maximum atomic E-state index is 11.5. The highest BCUT2D eigenvalue weighted by Gasteiger charge is 2.11. The SMILES string of the molecule is C=CCCNS(=O)(=O)c1cccnc1. The van der Waals surface area contributed by atoms with Crippen LogP contribution in [0.1, 0.15) is 6.42 Å². The Morgan fingerprint density at radius 3 is 2.93 bits per heavy atom. The second-order valence-electron chi connectivity index (χ2n) is 2.66. The van der Waals surface area contributed by atoms with Gasteiger partial charge in [0.15, 0.2) is 0 Å². The van der Waals surface area contributed by atoms with Crippen molar-refractivity contribution in [1.82, 2.24) is 9.71 Å². The van der Waals surface area contributed by atoms with Gasteiger partial charge in [-0.3, -0.25) is 4.98 Å². The zero-order chi connectivity index (χ0) is 10.4. The summed E-state index contributed by atoms with van der Waals surface area (Å²) in [5.74, 6) is 0. The fourth-order valence-electron chi connectivity index (χ4n) is 0.885. The van der Waals surface area contributed by atoms with Gasteiger partial charge < -0.3 is 0 Å². The first kappa shape index (κ1) is 10.9. The van der Waals surface area contributed by atoms with Crippen LogP contribution in [-0.4, -0.2) is 19.9 Å². The average molecular weight is 212 g/mol. The van der Waals surface area contributed by atoms with Crippen molar-refractivity contribution < 1.29 is 8.42 Å². The molecule has 1 N–H and O–H groups in total. The smallest absolute Gasteiger partial charge is 0.242 e. The number of hydrogen-bond acceptors (Lipinski definition) is 3. The molecule has 0 aliphatic rings. The van der Waals surface area contributed by atoms with Crippen molar-refractivity contribution in [2.24, 2.45) is 0 Å². The van der Waals surface area contributed by atoms with Gasteiger partial charge in [0.25, 0.3) is 0 Å². The molecule has 0 aliphatic heterocycles. The molecule has 0 fully saturated rings. The van der Waals surface area contributed by atoms with E-state index in [1.807, 2.05) is 0 Å². The standard InChI is InChI=1S/C9H12N2O2S/c1-2-3-7-11-14(12,13)9-5-4-6-10-8-9/h2,4-6,8,11H,1,3,7H2. The number of pyridine rings is 1. The summed E-state index contributed by atoms with van der Waals surface area (Å²) < 4.78 is 25.5. The first-order valence-electron chi connectivity index (χ1n) is 4.17. The van der Waals surface area contributed by atoms with E-state index in [9.17, 15) is 8.42 Å². The molecule has 14 heavy (non-hydrogen) atoms. The van der Waals surface area contributed by atoms with Gasteiger partial charge in [0.05, 0.1) is 0 Å². The minimum absolute atomic E-state index is 0.184. The highest BCUT2D eigenvalue weighted by molar-refractivity contribution is 7.89. The van der Waals surface area contributed by atoms with Gasteiger partial charge in [-0.1, -0.05) is 6.08 Å². The van der Waals surface area contributed by atoms with Crippen LogP contribution in [0.4, 0.5) is 0 Å². The van der Waals surface area contributed by atoms with Gasteiger partial charge in [-0.2, -0.15) is 0 Å². The lowest BCUT2D eigenvalue weighted by atomic mass is 10.4. The third kappa shape index (κ3) is 2.93. The highest BCUT2D eigenvalue weighted by Crippen LogP contribution is 2.04. The second kappa shape index (κ2) is 4.88. The Morgan fingerprint density at radius 1 is 1.57 bits per heavy atom. The molecule has 0 amide bonds. The fraction of sp³-hybridized carbons (Fsp3) is 0.222. The van der Waals surface area contributed by atoms with E-state index < -0.39 is 10.0 Å². The summed E-state index contributed by atoms with van der Waals surface area (Å²) in [7, 11) is -3.39. The topological polar surface area (TPSA) is 59.1 Å². The summed E-state index contributed by atoms with van der Waals surface area (Å²) in [6.45, 7) is 3.87. The Morgan fingerprint density at radius 2 is 2.36 bits per heavy atom. The molecule has 0 unspecified atom stereocenters. The molecule has 0 bridgehead atoms. The predicted molar refractivity (Wildman–Crippen MR) is 54.2 cm³/mol. The van der Waals surface area contributed by atoms with E-state index in [0.717, 1.165) is 0 Å². The number of sulfonamides is 1. The molecule has 4 nitrogen and oxygen atoms in total. The van der Waals surface area contributed by atoms with Gasteiger partial charge in [0.1, 0.15) is 4.90 Å². The largest absolute Gasteiger partial charge is 0.263 e.